The first-order valence-electron chi connectivity index (χ1n) is 8.64. The predicted molar refractivity (Wildman–Crippen MR) is 103 cm³/mol. The Balaban J connectivity index is 2.01. The number of aryl methyl sites for hydroxylation is 3. The lowest BCUT2D eigenvalue weighted by Crippen LogP contribution is -2.17. The first kappa shape index (κ1) is 19.2. The number of thioether (sulfide) groups is 1. The van der Waals surface area contributed by atoms with Crippen LogP contribution in [0.1, 0.15) is 43.5 Å². The molecule has 0 aliphatic carbocycles. The topological polar surface area (TPSA) is 74.8 Å². The number of hydrogen-bond acceptors (Lipinski definition) is 4. The molecule has 1 aromatic carbocycles. The van der Waals surface area contributed by atoms with E-state index in [2.05, 4.69) is 29.1 Å². The van der Waals surface area contributed by atoms with Crippen LogP contribution in [0.15, 0.2) is 34.2 Å². The van der Waals surface area contributed by atoms with Crippen molar-refractivity contribution in [2.45, 2.75) is 51.6 Å². The fourth-order valence-corrected chi connectivity index (χ4v) is 3.24. The highest BCUT2D eigenvalue weighted by Gasteiger charge is 2.10. The van der Waals surface area contributed by atoms with Crippen LogP contribution in [0.4, 0.5) is 5.69 Å². The number of nitrogens with zero attached hydrogens (tertiary/aromatic N) is 1. The molecule has 0 spiro atoms. The highest BCUT2D eigenvalue weighted by Crippen LogP contribution is 2.22. The van der Waals surface area contributed by atoms with E-state index in [1.54, 1.807) is 0 Å². The number of hydrogen-bond donors (Lipinski definition) is 2. The third-order valence-electron chi connectivity index (χ3n) is 3.90. The lowest BCUT2D eigenvalue weighted by Gasteiger charge is -2.12. The van der Waals surface area contributed by atoms with Crippen LogP contribution in [0.2, 0.25) is 0 Å². The monoisotopic (exact) mass is 359 g/mol. The molecule has 6 heteroatoms. The van der Waals surface area contributed by atoms with Crippen LogP contribution in [0.25, 0.3) is 0 Å². The van der Waals surface area contributed by atoms with E-state index in [1.165, 1.54) is 17.8 Å². The molecule has 0 saturated heterocycles. The summed E-state index contributed by atoms with van der Waals surface area (Å²) in [4.78, 5) is 31.1. The number of carbonyl (C=O) groups is 1. The smallest absolute Gasteiger partial charge is 0.251 e. The number of benzene rings is 1. The third kappa shape index (κ3) is 5.74. The minimum absolute atomic E-state index is 0.101. The SMILES string of the molecule is CCCCc1cc(=O)[nH]c(SCC(=O)Nc2c(C)cccc2CC)n1. The summed E-state index contributed by atoms with van der Waals surface area (Å²) in [6, 6.07) is 7.53. The van der Waals surface area contributed by atoms with Crippen LogP contribution < -0.4 is 10.9 Å². The Morgan fingerprint density at radius 1 is 1.32 bits per heavy atom. The summed E-state index contributed by atoms with van der Waals surface area (Å²) in [7, 11) is 0. The minimum atomic E-state index is -0.170. The first-order valence-corrected chi connectivity index (χ1v) is 9.63. The molecule has 1 aromatic heterocycles. The van der Waals surface area contributed by atoms with Gasteiger partial charge in [0.15, 0.2) is 5.16 Å². The maximum Gasteiger partial charge on any atom is 0.251 e. The van der Waals surface area contributed by atoms with E-state index in [0.29, 0.717) is 5.16 Å². The molecule has 0 aliphatic heterocycles. The summed E-state index contributed by atoms with van der Waals surface area (Å²) in [6.07, 6.45) is 3.69. The second kappa shape index (κ2) is 9.42. The zero-order valence-electron chi connectivity index (χ0n) is 15.0. The zero-order chi connectivity index (χ0) is 18.2. The van der Waals surface area contributed by atoms with E-state index in [4.69, 9.17) is 0 Å². The van der Waals surface area contributed by atoms with E-state index in [0.717, 1.165) is 48.2 Å². The van der Waals surface area contributed by atoms with Crippen LogP contribution in [-0.4, -0.2) is 21.6 Å². The summed E-state index contributed by atoms with van der Waals surface area (Å²) in [6.45, 7) is 6.15. The molecule has 0 radical (unpaired) electrons. The molecule has 1 heterocycles. The Labute approximate surface area is 152 Å². The van der Waals surface area contributed by atoms with Gasteiger partial charge in [0, 0.05) is 17.4 Å². The number of unbranched alkanes of at least 4 members (excludes halogenated alkanes) is 1. The number of carbonyl (C=O) groups excluding carboxylic acids is 1. The highest BCUT2D eigenvalue weighted by atomic mass is 32.2. The molecule has 0 atom stereocenters. The average molecular weight is 359 g/mol. The van der Waals surface area contributed by atoms with Gasteiger partial charge in [-0.25, -0.2) is 4.98 Å². The molecule has 0 fully saturated rings. The summed E-state index contributed by atoms with van der Waals surface area (Å²) in [5.74, 6) is 0.105. The number of H-pyrrole nitrogens is 1. The Bertz CT molecular complexity index is 786. The molecule has 2 aromatic rings. The van der Waals surface area contributed by atoms with Crippen molar-refractivity contribution in [1.82, 2.24) is 9.97 Å². The fourth-order valence-electron chi connectivity index (χ4n) is 2.55. The van der Waals surface area contributed by atoms with Crippen molar-refractivity contribution in [2.75, 3.05) is 11.1 Å². The van der Waals surface area contributed by atoms with Gasteiger partial charge in [0.2, 0.25) is 5.91 Å². The van der Waals surface area contributed by atoms with E-state index >= 15 is 0 Å². The van der Waals surface area contributed by atoms with Gasteiger partial charge in [-0.3, -0.25) is 9.59 Å². The second-order valence-corrected chi connectivity index (χ2v) is 6.91. The number of nitrogens with one attached hydrogen (secondary N) is 2. The highest BCUT2D eigenvalue weighted by molar-refractivity contribution is 7.99. The molecule has 134 valence electrons. The van der Waals surface area contributed by atoms with Crippen molar-refractivity contribution in [2.24, 2.45) is 0 Å². The van der Waals surface area contributed by atoms with Gasteiger partial charge in [0.25, 0.3) is 5.56 Å². The molecule has 1 amide bonds. The average Bonchev–Trinajstić information content (AvgIpc) is 2.59. The number of aromatic nitrogens is 2. The van der Waals surface area contributed by atoms with Gasteiger partial charge < -0.3 is 10.3 Å². The molecular weight excluding hydrogens is 334 g/mol. The van der Waals surface area contributed by atoms with E-state index in [1.807, 2.05) is 25.1 Å². The number of anilines is 1. The van der Waals surface area contributed by atoms with Gasteiger partial charge in [-0.15, -0.1) is 0 Å². The standard InChI is InChI=1S/C19H25N3O2S/c1-4-6-10-15-11-16(23)22-19(20-15)25-12-17(24)21-18-13(3)8-7-9-14(18)5-2/h7-9,11H,4-6,10,12H2,1-3H3,(H,21,24)(H,20,22,23). The molecule has 25 heavy (non-hydrogen) atoms. The van der Waals surface area contributed by atoms with Crippen molar-refractivity contribution >= 4 is 23.4 Å². The Kier molecular flexibility index (Phi) is 7.25. The van der Waals surface area contributed by atoms with Crippen LogP contribution in [0.3, 0.4) is 0 Å². The predicted octanol–water partition coefficient (Wildman–Crippen LogP) is 3.71. The fraction of sp³-hybridized carbons (Fsp3) is 0.421. The zero-order valence-corrected chi connectivity index (χ0v) is 15.8. The minimum Gasteiger partial charge on any atom is -0.325 e. The van der Waals surface area contributed by atoms with Gasteiger partial charge >= 0.3 is 0 Å². The van der Waals surface area contributed by atoms with E-state index in [9.17, 15) is 9.59 Å². The molecule has 0 unspecified atom stereocenters. The Morgan fingerprint density at radius 3 is 2.84 bits per heavy atom. The van der Waals surface area contributed by atoms with Crippen molar-refractivity contribution in [3.8, 4) is 0 Å². The molecule has 0 aliphatic rings. The Morgan fingerprint density at radius 2 is 2.12 bits per heavy atom. The number of para-hydroxylation sites is 1. The van der Waals surface area contributed by atoms with Crippen LogP contribution >= 0.6 is 11.8 Å². The normalized spacial score (nSPS) is 10.7. The van der Waals surface area contributed by atoms with Gasteiger partial charge in [0.1, 0.15) is 0 Å². The molecular formula is C19H25N3O2S. The van der Waals surface area contributed by atoms with Crippen molar-refractivity contribution in [3.63, 3.8) is 0 Å². The second-order valence-electron chi connectivity index (χ2n) is 5.94. The molecule has 5 nitrogen and oxygen atoms in total. The lowest BCUT2D eigenvalue weighted by molar-refractivity contribution is -0.113. The number of rotatable bonds is 8. The summed E-state index contributed by atoms with van der Waals surface area (Å²) >= 11 is 1.25. The summed E-state index contributed by atoms with van der Waals surface area (Å²) in [5, 5.41) is 3.48. The van der Waals surface area contributed by atoms with Crippen LogP contribution in [0.5, 0.6) is 0 Å². The van der Waals surface area contributed by atoms with Gasteiger partial charge in [0.05, 0.1) is 5.75 Å². The summed E-state index contributed by atoms with van der Waals surface area (Å²) in [5.41, 5.74) is 3.66. The van der Waals surface area contributed by atoms with Crippen molar-refractivity contribution < 1.29 is 4.79 Å². The quantitative estimate of drug-likeness (QED) is 0.556. The first-order chi connectivity index (χ1) is 12.0. The van der Waals surface area contributed by atoms with Gasteiger partial charge in [-0.05, 0) is 37.3 Å². The van der Waals surface area contributed by atoms with Crippen LogP contribution in [-0.2, 0) is 17.6 Å². The number of amides is 1. The molecule has 0 bridgehead atoms. The van der Waals surface area contributed by atoms with Gasteiger partial charge in [-0.2, -0.15) is 0 Å². The molecule has 2 N–H and O–H groups in total. The van der Waals surface area contributed by atoms with Crippen molar-refractivity contribution in [1.29, 1.82) is 0 Å². The maximum atomic E-state index is 12.3. The van der Waals surface area contributed by atoms with Gasteiger partial charge in [-0.1, -0.05) is 50.2 Å². The third-order valence-corrected chi connectivity index (χ3v) is 4.78. The van der Waals surface area contributed by atoms with Crippen LogP contribution in [0, 0.1) is 6.92 Å². The summed E-state index contributed by atoms with van der Waals surface area (Å²) < 4.78 is 0. The lowest BCUT2D eigenvalue weighted by atomic mass is 10.1. The number of aromatic amines is 1. The Hall–Kier alpha value is -2.08. The molecule has 2 rings (SSSR count). The molecule has 0 saturated carbocycles. The van der Waals surface area contributed by atoms with E-state index in [-0.39, 0.29) is 17.2 Å². The maximum absolute atomic E-state index is 12.3. The van der Waals surface area contributed by atoms with Crippen molar-refractivity contribution in [3.05, 3.63) is 51.4 Å². The van der Waals surface area contributed by atoms with E-state index < -0.39 is 0 Å². The largest absolute Gasteiger partial charge is 0.325 e.